The van der Waals surface area contributed by atoms with Gasteiger partial charge in [-0.25, -0.2) is 4.98 Å². The first-order valence-electron chi connectivity index (χ1n) is 7.45. The highest BCUT2D eigenvalue weighted by Crippen LogP contribution is 2.47. The Balaban J connectivity index is 1.50. The van der Waals surface area contributed by atoms with Gasteiger partial charge in [-0.15, -0.1) is 5.10 Å². The molecule has 0 aromatic carbocycles. The van der Waals surface area contributed by atoms with Gasteiger partial charge in [-0.1, -0.05) is 13.3 Å². The lowest BCUT2D eigenvalue weighted by Crippen LogP contribution is -2.32. The molecule has 0 saturated heterocycles. The van der Waals surface area contributed by atoms with Crippen molar-refractivity contribution in [2.75, 3.05) is 6.54 Å². The van der Waals surface area contributed by atoms with Crippen LogP contribution in [0.3, 0.4) is 0 Å². The van der Waals surface area contributed by atoms with Crippen molar-refractivity contribution in [3.05, 3.63) is 11.6 Å². The minimum atomic E-state index is -0.138. The van der Waals surface area contributed by atoms with Gasteiger partial charge < -0.3 is 5.32 Å². The van der Waals surface area contributed by atoms with Crippen molar-refractivity contribution >= 4 is 5.91 Å². The predicted molar refractivity (Wildman–Crippen MR) is 71.6 cm³/mol. The number of fused-ring (bicyclic) bond motifs is 2. The van der Waals surface area contributed by atoms with Crippen LogP contribution in [0, 0.1) is 17.8 Å². The molecule has 0 aliphatic heterocycles. The molecule has 0 spiro atoms. The fourth-order valence-corrected chi connectivity index (χ4v) is 3.67. The van der Waals surface area contributed by atoms with Crippen molar-refractivity contribution < 1.29 is 4.79 Å². The molecule has 19 heavy (non-hydrogen) atoms. The summed E-state index contributed by atoms with van der Waals surface area (Å²) < 4.78 is 0. The summed E-state index contributed by atoms with van der Waals surface area (Å²) in [6.45, 7) is 2.87. The summed E-state index contributed by atoms with van der Waals surface area (Å²) in [5.74, 6) is 3.39. The van der Waals surface area contributed by atoms with E-state index in [-0.39, 0.29) is 11.7 Å². The highest BCUT2D eigenvalue weighted by molar-refractivity contribution is 5.90. The van der Waals surface area contributed by atoms with Gasteiger partial charge in [0.1, 0.15) is 5.82 Å². The Labute approximate surface area is 113 Å². The van der Waals surface area contributed by atoms with Crippen LogP contribution in [0.4, 0.5) is 0 Å². The highest BCUT2D eigenvalue weighted by atomic mass is 16.2. The van der Waals surface area contributed by atoms with E-state index in [1.54, 1.807) is 0 Å². The Morgan fingerprint density at radius 2 is 2.32 bits per heavy atom. The van der Waals surface area contributed by atoms with Gasteiger partial charge in [-0.05, 0) is 43.4 Å². The lowest BCUT2D eigenvalue weighted by Gasteiger charge is -2.21. The lowest BCUT2D eigenvalue weighted by atomic mass is 9.89. The molecule has 5 heteroatoms. The van der Waals surface area contributed by atoms with E-state index >= 15 is 0 Å². The Kier molecular flexibility index (Phi) is 3.53. The van der Waals surface area contributed by atoms with Crippen molar-refractivity contribution in [3.8, 4) is 0 Å². The average Bonchev–Trinajstić information content (AvgIpc) is 3.12. The van der Waals surface area contributed by atoms with Crippen LogP contribution in [0.25, 0.3) is 0 Å². The van der Waals surface area contributed by atoms with Crippen molar-refractivity contribution in [3.63, 3.8) is 0 Å². The molecule has 1 amide bonds. The van der Waals surface area contributed by atoms with E-state index in [0.29, 0.717) is 5.92 Å². The van der Waals surface area contributed by atoms with E-state index in [0.717, 1.165) is 37.0 Å². The number of aromatic amines is 1. The number of hydrogen-bond donors (Lipinski definition) is 2. The molecule has 2 saturated carbocycles. The minimum absolute atomic E-state index is 0.138. The number of hydrogen-bond acceptors (Lipinski definition) is 3. The van der Waals surface area contributed by atoms with Gasteiger partial charge in [0.2, 0.25) is 5.82 Å². The molecule has 0 radical (unpaired) electrons. The van der Waals surface area contributed by atoms with Crippen molar-refractivity contribution in [2.24, 2.45) is 17.8 Å². The van der Waals surface area contributed by atoms with Crippen LogP contribution in [-0.2, 0) is 6.42 Å². The smallest absolute Gasteiger partial charge is 0.290 e. The number of carbonyl (C=O) groups excluding carboxylic acids is 1. The molecule has 1 aromatic heterocycles. The molecular formula is C14H22N4O. The van der Waals surface area contributed by atoms with E-state index in [9.17, 15) is 4.79 Å². The standard InChI is InChI=1S/C14H22N4O/c1-2-3-12-16-13(18-17-12)14(19)15-8-11-7-9-4-5-10(11)6-9/h9-11H,2-8H2,1H3,(H,15,19)(H,16,17,18). The van der Waals surface area contributed by atoms with Gasteiger partial charge in [0.25, 0.3) is 5.91 Å². The van der Waals surface area contributed by atoms with Crippen LogP contribution in [-0.4, -0.2) is 27.6 Å². The number of nitrogens with one attached hydrogen (secondary N) is 2. The van der Waals surface area contributed by atoms with Gasteiger partial charge in [-0.3, -0.25) is 9.89 Å². The molecule has 104 valence electrons. The summed E-state index contributed by atoms with van der Waals surface area (Å²) >= 11 is 0. The highest BCUT2D eigenvalue weighted by Gasteiger charge is 2.39. The van der Waals surface area contributed by atoms with E-state index < -0.39 is 0 Å². The third-order valence-corrected chi connectivity index (χ3v) is 4.63. The molecule has 2 aliphatic carbocycles. The molecule has 3 atom stereocenters. The van der Waals surface area contributed by atoms with Gasteiger partial charge in [0, 0.05) is 13.0 Å². The number of amides is 1. The first-order valence-corrected chi connectivity index (χ1v) is 7.45. The first kappa shape index (κ1) is 12.6. The van der Waals surface area contributed by atoms with E-state index in [4.69, 9.17) is 0 Å². The zero-order valence-corrected chi connectivity index (χ0v) is 11.5. The molecule has 2 N–H and O–H groups in total. The molecule has 2 bridgehead atoms. The Morgan fingerprint density at radius 3 is 3.00 bits per heavy atom. The number of aryl methyl sites for hydroxylation is 1. The topological polar surface area (TPSA) is 70.7 Å². The molecule has 1 heterocycles. The molecule has 2 aliphatic rings. The number of aromatic nitrogens is 3. The normalized spacial score (nSPS) is 28.8. The van der Waals surface area contributed by atoms with Crippen LogP contribution >= 0.6 is 0 Å². The van der Waals surface area contributed by atoms with Crippen LogP contribution in [0.2, 0.25) is 0 Å². The molecule has 2 fully saturated rings. The summed E-state index contributed by atoms with van der Waals surface area (Å²) in [6, 6.07) is 0. The molecule has 3 unspecified atom stereocenters. The monoisotopic (exact) mass is 262 g/mol. The summed E-state index contributed by atoms with van der Waals surface area (Å²) in [7, 11) is 0. The Morgan fingerprint density at radius 1 is 1.42 bits per heavy atom. The zero-order chi connectivity index (χ0) is 13.2. The van der Waals surface area contributed by atoms with E-state index in [1.165, 1.54) is 25.7 Å². The number of nitrogens with zero attached hydrogens (tertiary/aromatic N) is 2. The SMILES string of the molecule is CCCc1nc(C(=O)NCC2CC3CCC2C3)n[nH]1. The van der Waals surface area contributed by atoms with Gasteiger partial charge in [0.15, 0.2) is 0 Å². The molecule has 3 rings (SSSR count). The summed E-state index contributed by atoms with van der Waals surface area (Å²) in [6.07, 6.45) is 7.26. The van der Waals surface area contributed by atoms with Crippen LogP contribution in [0.15, 0.2) is 0 Å². The van der Waals surface area contributed by atoms with Gasteiger partial charge in [-0.2, -0.15) is 0 Å². The molecule has 5 nitrogen and oxygen atoms in total. The summed E-state index contributed by atoms with van der Waals surface area (Å²) in [4.78, 5) is 16.2. The van der Waals surface area contributed by atoms with E-state index in [1.807, 2.05) is 0 Å². The molecular weight excluding hydrogens is 240 g/mol. The van der Waals surface area contributed by atoms with Crippen molar-refractivity contribution in [2.45, 2.75) is 45.4 Å². The summed E-state index contributed by atoms with van der Waals surface area (Å²) in [5.41, 5.74) is 0. The average molecular weight is 262 g/mol. The maximum absolute atomic E-state index is 12.0. The second-order valence-corrected chi connectivity index (χ2v) is 6.00. The van der Waals surface area contributed by atoms with Gasteiger partial charge >= 0.3 is 0 Å². The summed E-state index contributed by atoms with van der Waals surface area (Å²) in [5, 5.41) is 9.80. The first-order chi connectivity index (χ1) is 9.26. The predicted octanol–water partition coefficient (Wildman–Crippen LogP) is 1.92. The minimum Gasteiger partial charge on any atom is -0.349 e. The van der Waals surface area contributed by atoms with Crippen LogP contribution in [0.1, 0.15) is 55.5 Å². The quantitative estimate of drug-likeness (QED) is 0.851. The third kappa shape index (κ3) is 2.65. The lowest BCUT2D eigenvalue weighted by molar-refractivity contribution is 0.0931. The van der Waals surface area contributed by atoms with E-state index in [2.05, 4.69) is 27.4 Å². The maximum Gasteiger partial charge on any atom is 0.290 e. The van der Waals surface area contributed by atoms with Crippen LogP contribution in [0.5, 0.6) is 0 Å². The Bertz CT molecular complexity index is 456. The Hall–Kier alpha value is -1.39. The maximum atomic E-state index is 12.0. The fourth-order valence-electron chi connectivity index (χ4n) is 3.67. The fraction of sp³-hybridized carbons (Fsp3) is 0.786. The second kappa shape index (κ2) is 5.31. The van der Waals surface area contributed by atoms with Gasteiger partial charge in [0.05, 0.1) is 0 Å². The molecule has 1 aromatic rings. The zero-order valence-electron chi connectivity index (χ0n) is 11.5. The van der Waals surface area contributed by atoms with Crippen molar-refractivity contribution in [1.82, 2.24) is 20.5 Å². The number of rotatable bonds is 5. The number of carbonyl (C=O) groups is 1. The largest absolute Gasteiger partial charge is 0.349 e. The second-order valence-electron chi connectivity index (χ2n) is 6.00. The third-order valence-electron chi connectivity index (χ3n) is 4.63. The number of H-pyrrole nitrogens is 1. The van der Waals surface area contributed by atoms with Crippen molar-refractivity contribution in [1.29, 1.82) is 0 Å². The van der Waals surface area contributed by atoms with Crippen LogP contribution < -0.4 is 5.32 Å².